The maximum atomic E-state index is 12.9. The van der Waals surface area contributed by atoms with Gasteiger partial charge in [-0.05, 0) is 35.9 Å². The Hall–Kier alpha value is -2.27. The molecular formula is C19H19N3OS. The van der Waals surface area contributed by atoms with Gasteiger partial charge in [0.05, 0.1) is 11.0 Å². The molecular weight excluding hydrogens is 318 g/mol. The average molecular weight is 337 g/mol. The Labute approximate surface area is 145 Å². The number of para-hydroxylation sites is 2. The van der Waals surface area contributed by atoms with Crippen molar-refractivity contribution in [1.29, 1.82) is 0 Å². The molecule has 3 aromatic rings. The first-order valence-corrected chi connectivity index (χ1v) is 9.32. The Morgan fingerprint density at radius 2 is 1.88 bits per heavy atom. The normalized spacial score (nSPS) is 14.0. The van der Waals surface area contributed by atoms with Crippen LogP contribution in [-0.4, -0.2) is 33.2 Å². The number of hydrogen-bond acceptors (Lipinski definition) is 3. The monoisotopic (exact) mass is 337 g/mol. The van der Waals surface area contributed by atoms with Crippen molar-refractivity contribution in [3.05, 3.63) is 59.7 Å². The summed E-state index contributed by atoms with van der Waals surface area (Å²) in [6, 6.07) is 16.4. The van der Waals surface area contributed by atoms with E-state index >= 15 is 0 Å². The molecule has 0 fully saturated rings. The molecule has 24 heavy (non-hydrogen) atoms. The van der Waals surface area contributed by atoms with Gasteiger partial charge in [-0.2, -0.15) is 0 Å². The molecule has 1 aliphatic heterocycles. The average Bonchev–Trinajstić information content (AvgIpc) is 2.99. The number of benzene rings is 2. The Bertz CT molecular complexity index is 903. The summed E-state index contributed by atoms with van der Waals surface area (Å²) in [7, 11) is 0. The van der Waals surface area contributed by atoms with Gasteiger partial charge in [-0.3, -0.25) is 4.79 Å². The predicted molar refractivity (Wildman–Crippen MR) is 97.1 cm³/mol. The largest absolute Gasteiger partial charge is 0.336 e. The third-order valence-electron chi connectivity index (χ3n) is 4.58. The molecule has 0 spiro atoms. The van der Waals surface area contributed by atoms with Crippen molar-refractivity contribution < 1.29 is 4.79 Å². The lowest BCUT2D eigenvalue weighted by Crippen LogP contribution is -2.38. The number of nitrogens with zero attached hydrogens (tertiary/aromatic N) is 3. The fourth-order valence-electron chi connectivity index (χ4n) is 3.31. The zero-order valence-electron chi connectivity index (χ0n) is 13.6. The smallest absolute Gasteiger partial charge is 0.242 e. The Balaban J connectivity index is 1.59. The van der Waals surface area contributed by atoms with E-state index in [1.54, 1.807) is 11.8 Å². The SMILES string of the molecule is CSc1nc2ccccc2n1CC(=O)N1CCc2ccccc2C1. The molecule has 0 atom stereocenters. The fourth-order valence-corrected chi connectivity index (χ4v) is 3.88. The summed E-state index contributed by atoms with van der Waals surface area (Å²) in [5.74, 6) is 0.156. The highest BCUT2D eigenvalue weighted by Gasteiger charge is 2.22. The quantitative estimate of drug-likeness (QED) is 0.688. The van der Waals surface area contributed by atoms with Crippen LogP contribution in [0.3, 0.4) is 0 Å². The molecule has 0 N–H and O–H groups in total. The lowest BCUT2D eigenvalue weighted by atomic mass is 10.00. The van der Waals surface area contributed by atoms with E-state index in [1.807, 2.05) is 46.1 Å². The van der Waals surface area contributed by atoms with Gasteiger partial charge in [-0.15, -0.1) is 0 Å². The molecule has 1 amide bonds. The predicted octanol–water partition coefficient (Wildman–Crippen LogP) is 3.34. The molecule has 5 heteroatoms. The highest BCUT2D eigenvalue weighted by atomic mass is 32.2. The maximum Gasteiger partial charge on any atom is 0.242 e. The molecule has 2 aromatic carbocycles. The van der Waals surface area contributed by atoms with Gasteiger partial charge in [-0.1, -0.05) is 48.2 Å². The van der Waals surface area contributed by atoms with Crippen molar-refractivity contribution in [3.63, 3.8) is 0 Å². The first-order chi connectivity index (χ1) is 11.8. The fraction of sp³-hybridized carbons (Fsp3) is 0.263. The van der Waals surface area contributed by atoms with E-state index in [0.29, 0.717) is 13.1 Å². The van der Waals surface area contributed by atoms with Gasteiger partial charge in [0.25, 0.3) is 0 Å². The van der Waals surface area contributed by atoms with Crippen LogP contribution in [0.4, 0.5) is 0 Å². The second-order valence-corrected chi connectivity index (χ2v) is 6.78. The Morgan fingerprint density at radius 1 is 1.12 bits per heavy atom. The van der Waals surface area contributed by atoms with Gasteiger partial charge in [0.1, 0.15) is 6.54 Å². The second-order valence-electron chi connectivity index (χ2n) is 6.01. The van der Waals surface area contributed by atoms with Crippen molar-refractivity contribution in [1.82, 2.24) is 14.5 Å². The molecule has 0 saturated heterocycles. The molecule has 1 aromatic heterocycles. The maximum absolute atomic E-state index is 12.9. The van der Waals surface area contributed by atoms with Gasteiger partial charge in [-0.25, -0.2) is 4.98 Å². The van der Waals surface area contributed by atoms with Crippen LogP contribution in [0.25, 0.3) is 11.0 Å². The van der Waals surface area contributed by atoms with Crippen LogP contribution in [-0.2, 0) is 24.3 Å². The van der Waals surface area contributed by atoms with Crippen molar-refractivity contribution in [3.8, 4) is 0 Å². The van der Waals surface area contributed by atoms with Crippen LogP contribution in [0.1, 0.15) is 11.1 Å². The standard InChI is InChI=1S/C19H19N3OS/c1-24-19-20-16-8-4-5-9-17(16)22(19)13-18(23)21-11-10-14-6-2-3-7-15(14)12-21/h2-9H,10-13H2,1H3. The second kappa shape index (κ2) is 6.32. The van der Waals surface area contributed by atoms with E-state index in [9.17, 15) is 4.79 Å². The number of carbonyl (C=O) groups excluding carboxylic acids is 1. The van der Waals surface area contributed by atoms with Crippen LogP contribution in [0.5, 0.6) is 0 Å². The molecule has 122 valence electrons. The Morgan fingerprint density at radius 3 is 2.71 bits per heavy atom. The topological polar surface area (TPSA) is 38.1 Å². The third kappa shape index (κ3) is 2.69. The summed E-state index contributed by atoms with van der Waals surface area (Å²) in [6.07, 6.45) is 2.93. The Kier molecular flexibility index (Phi) is 4.02. The molecule has 0 bridgehead atoms. The number of thioether (sulfide) groups is 1. The lowest BCUT2D eigenvalue weighted by molar-refractivity contribution is -0.132. The van der Waals surface area contributed by atoms with Gasteiger partial charge in [0.15, 0.2) is 5.16 Å². The zero-order chi connectivity index (χ0) is 16.5. The molecule has 0 unspecified atom stereocenters. The van der Waals surface area contributed by atoms with Crippen LogP contribution in [0.15, 0.2) is 53.7 Å². The minimum absolute atomic E-state index is 0.156. The van der Waals surface area contributed by atoms with Gasteiger partial charge < -0.3 is 9.47 Å². The van der Waals surface area contributed by atoms with Crippen LogP contribution < -0.4 is 0 Å². The summed E-state index contributed by atoms with van der Waals surface area (Å²) in [4.78, 5) is 19.4. The first-order valence-electron chi connectivity index (χ1n) is 8.10. The van der Waals surface area contributed by atoms with Crippen LogP contribution in [0, 0.1) is 0 Å². The van der Waals surface area contributed by atoms with E-state index in [0.717, 1.165) is 29.2 Å². The number of aromatic nitrogens is 2. The van der Waals surface area contributed by atoms with E-state index in [-0.39, 0.29) is 5.91 Å². The summed E-state index contributed by atoms with van der Waals surface area (Å²) >= 11 is 1.58. The summed E-state index contributed by atoms with van der Waals surface area (Å²) in [5.41, 5.74) is 4.59. The molecule has 1 aliphatic rings. The van der Waals surface area contributed by atoms with Crippen molar-refractivity contribution >= 4 is 28.7 Å². The van der Waals surface area contributed by atoms with Crippen molar-refractivity contribution in [2.24, 2.45) is 0 Å². The number of fused-ring (bicyclic) bond motifs is 2. The van der Waals surface area contributed by atoms with Gasteiger partial charge in [0.2, 0.25) is 5.91 Å². The van der Waals surface area contributed by atoms with E-state index in [1.165, 1.54) is 11.1 Å². The highest BCUT2D eigenvalue weighted by Crippen LogP contribution is 2.24. The van der Waals surface area contributed by atoms with Gasteiger partial charge in [0, 0.05) is 13.1 Å². The summed E-state index contributed by atoms with van der Waals surface area (Å²) in [5, 5.41) is 0.891. The summed E-state index contributed by atoms with van der Waals surface area (Å²) in [6.45, 7) is 1.84. The number of amides is 1. The summed E-state index contributed by atoms with van der Waals surface area (Å²) < 4.78 is 2.03. The minimum Gasteiger partial charge on any atom is -0.336 e. The van der Waals surface area contributed by atoms with E-state index in [4.69, 9.17) is 0 Å². The number of imidazole rings is 1. The van der Waals surface area contributed by atoms with Crippen molar-refractivity contribution in [2.75, 3.05) is 12.8 Å². The molecule has 0 radical (unpaired) electrons. The zero-order valence-corrected chi connectivity index (χ0v) is 14.4. The third-order valence-corrected chi connectivity index (χ3v) is 5.26. The number of rotatable bonds is 3. The highest BCUT2D eigenvalue weighted by molar-refractivity contribution is 7.98. The first kappa shape index (κ1) is 15.3. The lowest BCUT2D eigenvalue weighted by Gasteiger charge is -2.29. The van der Waals surface area contributed by atoms with E-state index < -0.39 is 0 Å². The van der Waals surface area contributed by atoms with Crippen LogP contribution in [0.2, 0.25) is 0 Å². The van der Waals surface area contributed by atoms with Crippen molar-refractivity contribution in [2.45, 2.75) is 24.7 Å². The molecule has 4 rings (SSSR count). The van der Waals surface area contributed by atoms with Crippen LogP contribution >= 0.6 is 11.8 Å². The molecule has 0 aliphatic carbocycles. The molecule has 0 saturated carbocycles. The van der Waals surface area contributed by atoms with Gasteiger partial charge >= 0.3 is 0 Å². The molecule has 2 heterocycles. The number of hydrogen-bond donors (Lipinski definition) is 0. The minimum atomic E-state index is 0.156. The van der Waals surface area contributed by atoms with E-state index in [2.05, 4.69) is 23.2 Å². The molecule has 4 nitrogen and oxygen atoms in total. The number of carbonyl (C=O) groups is 1.